The molecule has 0 bridgehead atoms. The van der Waals surface area contributed by atoms with Crippen molar-refractivity contribution in [1.82, 2.24) is 10.3 Å². The van der Waals surface area contributed by atoms with Crippen LogP contribution in [-0.2, 0) is 13.1 Å². The lowest BCUT2D eigenvalue weighted by atomic mass is 10.1. The average molecular weight is 297 g/mol. The van der Waals surface area contributed by atoms with Crippen LogP contribution in [-0.4, -0.2) is 25.2 Å². The molecule has 3 rings (SSSR count). The van der Waals surface area contributed by atoms with E-state index < -0.39 is 0 Å². The number of methoxy groups -OCH3 is 1. The van der Waals surface area contributed by atoms with Crippen LogP contribution in [0.25, 0.3) is 0 Å². The lowest BCUT2D eigenvalue weighted by Crippen LogP contribution is -2.29. The maximum absolute atomic E-state index is 5.53. The van der Waals surface area contributed by atoms with Gasteiger partial charge < -0.3 is 15.0 Å². The second-order valence-corrected chi connectivity index (χ2v) is 5.77. The van der Waals surface area contributed by atoms with E-state index in [1.54, 1.807) is 7.11 Å². The largest absolute Gasteiger partial charge is 0.496 e. The highest BCUT2D eigenvalue weighted by molar-refractivity contribution is 5.55. The Morgan fingerprint density at radius 1 is 1.27 bits per heavy atom. The molecule has 1 aromatic carbocycles. The molecule has 0 atom stereocenters. The zero-order chi connectivity index (χ0) is 15.5. The summed E-state index contributed by atoms with van der Waals surface area (Å²) < 4.78 is 5.53. The number of nitrogens with one attached hydrogen (secondary N) is 1. The first-order valence-electron chi connectivity index (χ1n) is 7.73. The Morgan fingerprint density at radius 3 is 2.91 bits per heavy atom. The van der Waals surface area contributed by atoms with Gasteiger partial charge in [-0.2, -0.15) is 0 Å². The third-order valence-electron chi connectivity index (χ3n) is 4.30. The summed E-state index contributed by atoms with van der Waals surface area (Å²) in [5, 5.41) is 3.48. The summed E-state index contributed by atoms with van der Waals surface area (Å²) in [5.41, 5.74) is 5.95. The second kappa shape index (κ2) is 6.36. The van der Waals surface area contributed by atoms with Crippen LogP contribution in [0.15, 0.2) is 30.5 Å². The van der Waals surface area contributed by atoms with Gasteiger partial charge in [0.05, 0.1) is 19.3 Å². The minimum absolute atomic E-state index is 0.807. The first kappa shape index (κ1) is 14.9. The van der Waals surface area contributed by atoms with Crippen molar-refractivity contribution in [2.24, 2.45) is 0 Å². The van der Waals surface area contributed by atoms with Crippen LogP contribution >= 0.6 is 0 Å². The molecule has 0 radical (unpaired) electrons. The number of aryl methyl sites for hydroxylation is 1. The molecule has 0 spiro atoms. The summed E-state index contributed by atoms with van der Waals surface area (Å²) in [6.45, 7) is 7.83. The molecule has 22 heavy (non-hydrogen) atoms. The van der Waals surface area contributed by atoms with E-state index in [1.165, 1.54) is 11.3 Å². The predicted molar refractivity (Wildman–Crippen MR) is 89.5 cm³/mol. The summed E-state index contributed by atoms with van der Waals surface area (Å²) in [6, 6.07) is 8.59. The molecular weight excluding hydrogens is 274 g/mol. The smallest absolute Gasteiger partial charge is 0.128 e. The maximum atomic E-state index is 5.53. The van der Waals surface area contributed by atoms with Crippen LogP contribution in [0, 0.1) is 13.8 Å². The summed E-state index contributed by atoms with van der Waals surface area (Å²) in [5.74, 6) is 0.950. The van der Waals surface area contributed by atoms with Gasteiger partial charge >= 0.3 is 0 Å². The number of aromatic nitrogens is 1. The Morgan fingerprint density at radius 2 is 2.09 bits per heavy atom. The Hall–Kier alpha value is -2.07. The van der Waals surface area contributed by atoms with Gasteiger partial charge in [0.25, 0.3) is 0 Å². The van der Waals surface area contributed by atoms with E-state index in [0.29, 0.717) is 0 Å². The molecule has 1 aliphatic heterocycles. The summed E-state index contributed by atoms with van der Waals surface area (Å²) in [7, 11) is 1.73. The van der Waals surface area contributed by atoms with Crippen LogP contribution < -0.4 is 15.0 Å². The Balaban J connectivity index is 1.93. The molecule has 0 saturated carbocycles. The maximum Gasteiger partial charge on any atom is 0.128 e. The van der Waals surface area contributed by atoms with Gasteiger partial charge in [-0.25, -0.2) is 0 Å². The normalized spacial score (nSPS) is 14.4. The molecule has 2 aromatic rings. The van der Waals surface area contributed by atoms with Crippen molar-refractivity contribution in [3.05, 3.63) is 52.8 Å². The number of para-hydroxylation sites is 1. The SMILES string of the molecule is COc1c(C)cnc(CN2CCNCc3ccccc32)c1C. The molecule has 1 N–H and O–H groups in total. The highest BCUT2D eigenvalue weighted by Crippen LogP contribution is 2.28. The molecule has 0 amide bonds. The zero-order valence-electron chi connectivity index (χ0n) is 13.5. The number of fused-ring (bicyclic) bond motifs is 1. The number of anilines is 1. The Bertz CT molecular complexity index is 669. The van der Waals surface area contributed by atoms with E-state index in [-0.39, 0.29) is 0 Å². The number of benzene rings is 1. The quantitative estimate of drug-likeness (QED) is 0.945. The van der Waals surface area contributed by atoms with Gasteiger partial charge in [-0.1, -0.05) is 18.2 Å². The van der Waals surface area contributed by atoms with Gasteiger partial charge in [0.15, 0.2) is 0 Å². The summed E-state index contributed by atoms with van der Waals surface area (Å²) in [4.78, 5) is 7.04. The molecule has 116 valence electrons. The van der Waals surface area contributed by atoms with E-state index >= 15 is 0 Å². The van der Waals surface area contributed by atoms with Crippen molar-refractivity contribution in [1.29, 1.82) is 0 Å². The molecular formula is C18H23N3O. The molecule has 0 fully saturated rings. The molecule has 0 unspecified atom stereocenters. The highest BCUT2D eigenvalue weighted by Gasteiger charge is 2.17. The first-order chi connectivity index (χ1) is 10.7. The second-order valence-electron chi connectivity index (χ2n) is 5.77. The minimum atomic E-state index is 0.807. The lowest BCUT2D eigenvalue weighted by molar-refractivity contribution is 0.406. The molecule has 4 heteroatoms. The van der Waals surface area contributed by atoms with E-state index in [1.807, 2.05) is 13.1 Å². The fourth-order valence-corrected chi connectivity index (χ4v) is 3.10. The third kappa shape index (κ3) is 2.79. The van der Waals surface area contributed by atoms with Crippen LogP contribution in [0.3, 0.4) is 0 Å². The number of rotatable bonds is 3. The zero-order valence-corrected chi connectivity index (χ0v) is 13.5. The number of hydrogen-bond donors (Lipinski definition) is 1. The standard InChI is InChI=1S/C18H23N3O/c1-13-10-20-16(14(2)18(13)22-3)12-21-9-8-19-11-15-6-4-5-7-17(15)21/h4-7,10,19H,8-9,11-12H2,1-3H3. The van der Waals surface area contributed by atoms with E-state index in [0.717, 1.165) is 48.7 Å². The van der Waals surface area contributed by atoms with Crippen molar-refractivity contribution >= 4 is 5.69 Å². The fraction of sp³-hybridized carbons (Fsp3) is 0.389. The van der Waals surface area contributed by atoms with Gasteiger partial charge in [0.2, 0.25) is 0 Å². The predicted octanol–water partition coefficient (Wildman–Crippen LogP) is 2.82. The lowest BCUT2D eigenvalue weighted by Gasteiger charge is -2.25. The van der Waals surface area contributed by atoms with Crippen molar-refractivity contribution < 1.29 is 4.74 Å². The Kier molecular flexibility index (Phi) is 4.29. The van der Waals surface area contributed by atoms with Crippen molar-refractivity contribution in [3.8, 4) is 5.75 Å². The van der Waals surface area contributed by atoms with E-state index in [2.05, 4.69) is 46.4 Å². The van der Waals surface area contributed by atoms with E-state index in [4.69, 9.17) is 4.74 Å². The first-order valence-corrected chi connectivity index (χ1v) is 7.73. The van der Waals surface area contributed by atoms with Crippen molar-refractivity contribution in [3.63, 3.8) is 0 Å². The van der Waals surface area contributed by atoms with Gasteiger partial charge in [0, 0.05) is 42.6 Å². The Labute approximate surface area is 132 Å². The van der Waals surface area contributed by atoms with Gasteiger partial charge in [-0.3, -0.25) is 4.98 Å². The van der Waals surface area contributed by atoms with Crippen LogP contribution in [0.1, 0.15) is 22.4 Å². The van der Waals surface area contributed by atoms with Crippen LogP contribution in [0.2, 0.25) is 0 Å². The van der Waals surface area contributed by atoms with Gasteiger partial charge in [-0.15, -0.1) is 0 Å². The average Bonchev–Trinajstić information content (AvgIpc) is 2.73. The minimum Gasteiger partial charge on any atom is -0.496 e. The van der Waals surface area contributed by atoms with E-state index in [9.17, 15) is 0 Å². The van der Waals surface area contributed by atoms with Crippen LogP contribution in [0.4, 0.5) is 5.69 Å². The molecule has 0 saturated heterocycles. The molecule has 1 aliphatic rings. The third-order valence-corrected chi connectivity index (χ3v) is 4.30. The van der Waals surface area contributed by atoms with Gasteiger partial charge in [-0.05, 0) is 25.5 Å². The molecule has 2 heterocycles. The van der Waals surface area contributed by atoms with Gasteiger partial charge in [0.1, 0.15) is 5.75 Å². The molecule has 4 nitrogen and oxygen atoms in total. The number of hydrogen-bond acceptors (Lipinski definition) is 4. The van der Waals surface area contributed by atoms with Crippen LogP contribution in [0.5, 0.6) is 5.75 Å². The molecule has 1 aromatic heterocycles. The number of ether oxygens (including phenoxy) is 1. The van der Waals surface area contributed by atoms with Crippen molar-refractivity contribution in [2.75, 3.05) is 25.1 Å². The molecule has 0 aliphatic carbocycles. The topological polar surface area (TPSA) is 37.4 Å². The summed E-state index contributed by atoms with van der Waals surface area (Å²) >= 11 is 0. The fourth-order valence-electron chi connectivity index (χ4n) is 3.10. The number of pyridine rings is 1. The highest BCUT2D eigenvalue weighted by atomic mass is 16.5. The van der Waals surface area contributed by atoms with Crippen molar-refractivity contribution in [2.45, 2.75) is 26.9 Å². The summed E-state index contributed by atoms with van der Waals surface area (Å²) in [6.07, 6.45) is 1.91. The monoisotopic (exact) mass is 297 g/mol. The number of nitrogens with zero attached hydrogens (tertiary/aromatic N) is 2.